The van der Waals surface area contributed by atoms with Crippen molar-refractivity contribution < 1.29 is 5.11 Å². The Balaban J connectivity index is 2.02. The Morgan fingerprint density at radius 1 is 1.07 bits per heavy atom. The molecule has 0 spiro atoms. The van der Waals surface area contributed by atoms with Crippen molar-refractivity contribution in [3.05, 3.63) is 59.2 Å². The van der Waals surface area contributed by atoms with Crippen LogP contribution in [0, 0.1) is 12.8 Å². The van der Waals surface area contributed by atoms with Gasteiger partial charge in [0.2, 0.25) is 5.95 Å². The average molecular weight is 398 g/mol. The molecule has 0 saturated carbocycles. The van der Waals surface area contributed by atoms with Gasteiger partial charge in [0.05, 0.1) is 34.7 Å². The molecular weight excluding hydrogens is 374 g/mol. The molecule has 0 fully saturated rings. The number of aryl methyl sites for hydroxylation is 1. The minimum absolute atomic E-state index is 0.0127. The molecule has 7 heteroatoms. The first-order valence-electron chi connectivity index (χ1n) is 9.18. The smallest absolute Gasteiger partial charge is 0.225 e. The highest BCUT2D eigenvalue weighted by Crippen LogP contribution is 2.30. The summed E-state index contributed by atoms with van der Waals surface area (Å²) in [6, 6.07) is 13.1. The van der Waals surface area contributed by atoms with E-state index >= 15 is 0 Å². The fourth-order valence-corrected chi connectivity index (χ4v) is 3.00. The lowest BCUT2D eigenvalue weighted by Gasteiger charge is -2.21. The SMILES string of the molecule is Cc1cccc(Cl)c1Nc1cc(-c2ccccn2)nc(N[C@@H](CO)C(C)C)n1. The molecule has 2 aromatic heterocycles. The number of hydrogen-bond acceptors (Lipinski definition) is 6. The van der Waals surface area contributed by atoms with Crippen molar-refractivity contribution in [1.82, 2.24) is 15.0 Å². The Bertz CT molecular complexity index is 913. The van der Waals surface area contributed by atoms with Crippen molar-refractivity contribution in [3.8, 4) is 11.4 Å². The monoisotopic (exact) mass is 397 g/mol. The standard InChI is InChI=1S/C21H24ClN5O/c1-13(2)18(12-28)25-21-24-17(16-9-4-5-10-23-16)11-19(27-21)26-20-14(3)7-6-8-15(20)22/h4-11,13,18,28H,12H2,1-3H3,(H2,24,25,26,27)/t18-/m0/s1. The topological polar surface area (TPSA) is 83.0 Å². The summed E-state index contributed by atoms with van der Waals surface area (Å²) in [5.74, 6) is 1.23. The summed E-state index contributed by atoms with van der Waals surface area (Å²) < 4.78 is 0. The third kappa shape index (κ3) is 4.77. The predicted octanol–water partition coefficient (Wildman–Crippen LogP) is 4.67. The van der Waals surface area contributed by atoms with E-state index in [1.54, 1.807) is 6.20 Å². The molecule has 3 rings (SSSR count). The molecule has 3 aromatic rings. The van der Waals surface area contributed by atoms with E-state index in [2.05, 4.69) is 25.6 Å². The summed E-state index contributed by atoms with van der Waals surface area (Å²) in [5.41, 5.74) is 3.21. The zero-order valence-corrected chi connectivity index (χ0v) is 16.9. The normalized spacial score (nSPS) is 12.1. The predicted molar refractivity (Wildman–Crippen MR) is 114 cm³/mol. The fourth-order valence-electron chi connectivity index (χ4n) is 2.73. The Hall–Kier alpha value is -2.70. The highest BCUT2D eigenvalue weighted by atomic mass is 35.5. The van der Waals surface area contributed by atoms with Gasteiger partial charge in [0.1, 0.15) is 5.82 Å². The van der Waals surface area contributed by atoms with Gasteiger partial charge >= 0.3 is 0 Å². The summed E-state index contributed by atoms with van der Waals surface area (Å²) in [4.78, 5) is 13.6. The lowest BCUT2D eigenvalue weighted by atomic mass is 10.1. The molecule has 28 heavy (non-hydrogen) atoms. The van der Waals surface area contributed by atoms with E-state index in [0.717, 1.165) is 16.9 Å². The minimum Gasteiger partial charge on any atom is -0.394 e. The Kier molecular flexibility index (Phi) is 6.44. The number of para-hydroxylation sites is 1. The quantitative estimate of drug-likeness (QED) is 0.537. The van der Waals surface area contributed by atoms with Gasteiger partial charge in [-0.2, -0.15) is 4.98 Å². The van der Waals surface area contributed by atoms with Crippen molar-refractivity contribution in [3.63, 3.8) is 0 Å². The van der Waals surface area contributed by atoms with Crippen molar-refractivity contribution in [1.29, 1.82) is 0 Å². The van der Waals surface area contributed by atoms with Gasteiger partial charge in [0.25, 0.3) is 0 Å². The van der Waals surface area contributed by atoms with Crippen LogP contribution in [0.4, 0.5) is 17.5 Å². The van der Waals surface area contributed by atoms with Crippen molar-refractivity contribution in [2.24, 2.45) is 5.92 Å². The van der Waals surface area contributed by atoms with Gasteiger partial charge < -0.3 is 15.7 Å². The number of rotatable bonds is 7. The highest BCUT2D eigenvalue weighted by molar-refractivity contribution is 6.33. The summed E-state index contributed by atoms with van der Waals surface area (Å²) in [7, 11) is 0. The van der Waals surface area contributed by atoms with Gasteiger partial charge in [-0.1, -0.05) is 43.6 Å². The van der Waals surface area contributed by atoms with Gasteiger partial charge in [0, 0.05) is 12.3 Å². The number of benzene rings is 1. The van der Waals surface area contributed by atoms with E-state index in [4.69, 9.17) is 11.6 Å². The van der Waals surface area contributed by atoms with Crippen molar-refractivity contribution >= 4 is 29.1 Å². The third-order valence-electron chi connectivity index (χ3n) is 4.44. The molecular formula is C21H24ClN5O. The number of anilines is 3. The summed E-state index contributed by atoms with van der Waals surface area (Å²) in [6.07, 6.45) is 1.72. The highest BCUT2D eigenvalue weighted by Gasteiger charge is 2.16. The Labute approximate surface area is 170 Å². The number of pyridine rings is 1. The third-order valence-corrected chi connectivity index (χ3v) is 4.76. The van der Waals surface area contributed by atoms with Crippen molar-refractivity contribution in [2.75, 3.05) is 17.2 Å². The number of nitrogens with zero attached hydrogens (tertiary/aromatic N) is 3. The summed E-state index contributed by atoms with van der Waals surface area (Å²) in [5, 5.41) is 16.8. The first-order valence-corrected chi connectivity index (χ1v) is 9.55. The van der Waals surface area contributed by atoms with Crippen LogP contribution in [0.5, 0.6) is 0 Å². The number of halogens is 1. The number of aromatic nitrogens is 3. The first-order chi connectivity index (χ1) is 13.5. The maximum Gasteiger partial charge on any atom is 0.225 e. The average Bonchev–Trinajstić information content (AvgIpc) is 2.69. The van der Waals surface area contributed by atoms with E-state index in [1.807, 2.05) is 63.2 Å². The van der Waals surface area contributed by atoms with E-state index in [1.165, 1.54) is 0 Å². The second-order valence-corrected chi connectivity index (χ2v) is 7.32. The molecule has 0 aliphatic carbocycles. The van der Waals surface area contributed by atoms with Gasteiger partial charge in [-0.3, -0.25) is 4.98 Å². The van der Waals surface area contributed by atoms with E-state index in [-0.39, 0.29) is 18.6 Å². The molecule has 0 aliphatic rings. The van der Waals surface area contributed by atoms with Crippen LogP contribution in [0.1, 0.15) is 19.4 Å². The van der Waals surface area contributed by atoms with E-state index < -0.39 is 0 Å². The van der Waals surface area contributed by atoms with Crippen LogP contribution >= 0.6 is 11.6 Å². The second-order valence-electron chi connectivity index (χ2n) is 6.91. The molecule has 3 N–H and O–H groups in total. The molecule has 146 valence electrons. The van der Waals surface area contributed by atoms with E-state index in [9.17, 15) is 5.11 Å². The van der Waals surface area contributed by atoms with Crippen LogP contribution in [0.25, 0.3) is 11.4 Å². The zero-order valence-electron chi connectivity index (χ0n) is 16.1. The van der Waals surface area contributed by atoms with Crippen LogP contribution in [-0.4, -0.2) is 32.7 Å². The molecule has 0 aliphatic heterocycles. The Morgan fingerprint density at radius 2 is 1.89 bits per heavy atom. The largest absolute Gasteiger partial charge is 0.394 e. The van der Waals surface area contributed by atoms with Crippen LogP contribution in [0.3, 0.4) is 0 Å². The van der Waals surface area contributed by atoms with Crippen LogP contribution < -0.4 is 10.6 Å². The molecule has 6 nitrogen and oxygen atoms in total. The van der Waals surface area contributed by atoms with Crippen LogP contribution in [0.2, 0.25) is 5.02 Å². The summed E-state index contributed by atoms with van der Waals surface area (Å²) >= 11 is 6.36. The van der Waals surface area contributed by atoms with Crippen molar-refractivity contribution in [2.45, 2.75) is 26.8 Å². The minimum atomic E-state index is -0.158. The molecule has 0 radical (unpaired) electrons. The first kappa shape index (κ1) is 20.0. The van der Waals surface area contributed by atoms with E-state index in [0.29, 0.717) is 22.5 Å². The molecule has 2 heterocycles. The van der Waals surface area contributed by atoms with Crippen LogP contribution in [-0.2, 0) is 0 Å². The number of aliphatic hydroxyl groups excluding tert-OH is 1. The Morgan fingerprint density at radius 3 is 2.54 bits per heavy atom. The second kappa shape index (κ2) is 8.99. The number of aliphatic hydroxyl groups is 1. The lowest BCUT2D eigenvalue weighted by molar-refractivity contribution is 0.248. The molecule has 0 saturated heterocycles. The molecule has 1 aromatic carbocycles. The van der Waals surface area contributed by atoms with Gasteiger partial charge in [0.15, 0.2) is 0 Å². The van der Waals surface area contributed by atoms with Crippen LogP contribution in [0.15, 0.2) is 48.7 Å². The maximum absolute atomic E-state index is 9.66. The number of nitrogens with one attached hydrogen (secondary N) is 2. The maximum atomic E-state index is 9.66. The lowest BCUT2D eigenvalue weighted by Crippen LogP contribution is -2.30. The molecule has 0 amide bonds. The van der Waals surface area contributed by atoms with Gasteiger partial charge in [-0.25, -0.2) is 4.98 Å². The molecule has 0 unspecified atom stereocenters. The van der Waals surface area contributed by atoms with Gasteiger partial charge in [-0.15, -0.1) is 0 Å². The number of hydrogen-bond donors (Lipinski definition) is 3. The van der Waals surface area contributed by atoms with Gasteiger partial charge in [-0.05, 0) is 36.6 Å². The zero-order chi connectivity index (χ0) is 20.1. The fraction of sp³-hybridized carbons (Fsp3) is 0.286. The molecule has 1 atom stereocenters. The molecule has 0 bridgehead atoms. The summed E-state index contributed by atoms with van der Waals surface area (Å²) in [6.45, 7) is 6.03.